The summed E-state index contributed by atoms with van der Waals surface area (Å²) in [5.41, 5.74) is 0.887. The molecule has 1 aromatic heterocycles. The minimum absolute atomic E-state index is 0.311. The second kappa shape index (κ2) is 7.24. The van der Waals surface area contributed by atoms with Crippen LogP contribution in [0.15, 0.2) is 17.2 Å². The average Bonchev–Trinajstić information content (AvgIpc) is 2.82. The summed E-state index contributed by atoms with van der Waals surface area (Å²) in [6.45, 7) is 11.7. The van der Waals surface area contributed by atoms with Crippen molar-refractivity contribution in [3.05, 3.63) is 18.0 Å². The van der Waals surface area contributed by atoms with Crippen LogP contribution in [0, 0.1) is 5.92 Å². The van der Waals surface area contributed by atoms with Gasteiger partial charge < -0.3 is 10.3 Å². The van der Waals surface area contributed by atoms with Crippen molar-refractivity contribution in [2.24, 2.45) is 5.92 Å². The minimum Gasteiger partial charge on any atom is -0.363 e. The van der Waals surface area contributed by atoms with E-state index in [0.717, 1.165) is 5.69 Å². The number of aromatic amines is 1. The van der Waals surface area contributed by atoms with E-state index in [1.807, 2.05) is 20.8 Å². The van der Waals surface area contributed by atoms with Gasteiger partial charge in [0.25, 0.3) is 0 Å². The maximum Gasteiger partial charge on any atom is 0.244 e. The Labute approximate surface area is 122 Å². The molecule has 0 aliphatic carbocycles. The Morgan fingerprint density at radius 1 is 1.30 bits per heavy atom. The summed E-state index contributed by atoms with van der Waals surface area (Å²) < 4.78 is 26.6. The number of hydrogen-bond donors (Lipinski definition) is 2. The van der Waals surface area contributed by atoms with Crippen LogP contribution in [0.25, 0.3) is 0 Å². The molecule has 0 spiro atoms. The van der Waals surface area contributed by atoms with Crippen molar-refractivity contribution in [1.29, 1.82) is 0 Å². The SMILES string of the molecule is CCN(CC(C)C)S(=O)(=O)c1c[nH]c(CNC(C)C)c1. The zero-order valence-electron chi connectivity index (χ0n) is 13.1. The van der Waals surface area contributed by atoms with E-state index in [0.29, 0.717) is 36.5 Å². The molecular formula is C14H27N3O2S. The molecule has 0 aromatic carbocycles. The molecule has 0 radical (unpaired) electrons. The van der Waals surface area contributed by atoms with Gasteiger partial charge >= 0.3 is 0 Å². The summed E-state index contributed by atoms with van der Waals surface area (Å²) in [5, 5.41) is 3.26. The van der Waals surface area contributed by atoms with Crippen molar-refractivity contribution in [3.8, 4) is 0 Å². The molecular weight excluding hydrogens is 274 g/mol. The van der Waals surface area contributed by atoms with Crippen molar-refractivity contribution < 1.29 is 8.42 Å². The number of H-pyrrole nitrogens is 1. The highest BCUT2D eigenvalue weighted by Crippen LogP contribution is 2.18. The van der Waals surface area contributed by atoms with Gasteiger partial charge in [-0.05, 0) is 12.0 Å². The van der Waals surface area contributed by atoms with E-state index in [1.165, 1.54) is 4.31 Å². The van der Waals surface area contributed by atoms with Crippen LogP contribution in [0.3, 0.4) is 0 Å². The van der Waals surface area contributed by atoms with Crippen molar-refractivity contribution in [2.75, 3.05) is 13.1 Å². The number of nitrogens with one attached hydrogen (secondary N) is 2. The van der Waals surface area contributed by atoms with Gasteiger partial charge in [0.15, 0.2) is 0 Å². The Kier molecular flexibility index (Phi) is 6.23. The van der Waals surface area contributed by atoms with E-state index in [4.69, 9.17) is 0 Å². The van der Waals surface area contributed by atoms with Crippen molar-refractivity contribution in [1.82, 2.24) is 14.6 Å². The Hall–Kier alpha value is -0.850. The number of aromatic nitrogens is 1. The fraction of sp³-hybridized carbons (Fsp3) is 0.714. The minimum atomic E-state index is -3.39. The van der Waals surface area contributed by atoms with E-state index in [9.17, 15) is 8.42 Å². The summed E-state index contributed by atoms with van der Waals surface area (Å²) in [7, 11) is -3.39. The smallest absolute Gasteiger partial charge is 0.244 e. The predicted molar refractivity (Wildman–Crippen MR) is 82.0 cm³/mol. The highest BCUT2D eigenvalue weighted by Gasteiger charge is 2.24. The highest BCUT2D eigenvalue weighted by molar-refractivity contribution is 7.89. The van der Waals surface area contributed by atoms with Crippen molar-refractivity contribution in [2.45, 2.75) is 52.1 Å². The molecule has 1 heterocycles. The molecule has 0 saturated carbocycles. The lowest BCUT2D eigenvalue weighted by atomic mass is 10.2. The molecule has 0 fully saturated rings. The summed E-state index contributed by atoms with van der Waals surface area (Å²) in [4.78, 5) is 3.38. The Morgan fingerprint density at radius 2 is 1.95 bits per heavy atom. The lowest BCUT2D eigenvalue weighted by molar-refractivity contribution is 0.381. The van der Waals surface area contributed by atoms with Crippen LogP contribution in [0.1, 0.15) is 40.3 Å². The fourth-order valence-electron chi connectivity index (χ4n) is 1.94. The molecule has 0 aliphatic heterocycles. The maximum atomic E-state index is 12.5. The van der Waals surface area contributed by atoms with Gasteiger partial charge in [0.05, 0.1) is 4.90 Å². The van der Waals surface area contributed by atoms with Crippen LogP contribution in [0.2, 0.25) is 0 Å². The third-order valence-electron chi connectivity index (χ3n) is 2.98. The van der Waals surface area contributed by atoms with E-state index in [1.54, 1.807) is 12.3 Å². The van der Waals surface area contributed by atoms with E-state index < -0.39 is 10.0 Å². The van der Waals surface area contributed by atoms with Gasteiger partial charge in [-0.3, -0.25) is 0 Å². The Balaban J connectivity index is 2.86. The molecule has 1 rings (SSSR count). The molecule has 0 unspecified atom stereocenters. The predicted octanol–water partition coefficient (Wildman–Crippen LogP) is 2.18. The number of sulfonamides is 1. The van der Waals surface area contributed by atoms with Crippen molar-refractivity contribution >= 4 is 10.0 Å². The molecule has 1 aromatic rings. The average molecular weight is 301 g/mol. The van der Waals surface area contributed by atoms with E-state index in [2.05, 4.69) is 24.1 Å². The standard InChI is InChI=1S/C14H27N3O2S/c1-6-17(10-11(2)3)20(18,19)14-7-13(16-9-14)8-15-12(4)5/h7,9,11-12,15-16H,6,8,10H2,1-5H3. The molecule has 2 N–H and O–H groups in total. The van der Waals surface area contributed by atoms with Crippen LogP contribution in [-0.4, -0.2) is 36.8 Å². The monoisotopic (exact) mass is 301 g/mol. The molecule has 116 valence electrons. The zero-order chi connectivity index (χ0) is 15.3. The fourth-order valence-corrected chi connectivity index (χ4v) is 3.57. The molecule has 0 saturated heterocycles. The molecule has 0 aliphatic rings. The molecule has 0 bridgehead atoms. The van der Waals surface area contributed by atoms with E-state index in [-0.39, 0.29) is 0 Å². The van der Waals surface area contributed by atoms with Crippen LogP contribution < -0.4 is 5.32 Å². The topological polar surface area (TPSA) is 65.2 Å². The second-order valence-electron chi connectivity index (χ2n) is 5.75. The summed E-state index contributed by atoms with van der Waals surface area (Å²) >= 11 is 0. The lowest BCUT2D eigenvalue weighted by Gasteiger charge is -2.21. The van der Waals surface area contributed by atoms with Gasteiger partial charge in [0.2, 0.25) is 10.0 Å². The van der Waals surface area contributed by atoms with Crippen LogP contribution in [0.5, 0.6) is 0 Å². The van der Waals surface area contributed by atoms with Crippen LogP contribution >= 0.6 is 0 Å². The van der Waals surface area contributed by atoms with Crippen LogP contribution in [-0.2, 0) is 16.6 Å². The molecule has 20 heavy (non-hydrogen) atoms. The Morgan fingerprint density at radius 3 is 2.45 bits per heavy atom. The first kappa shape index (κ1) is 17.2. The second-order valence-corrected chi connectivity index (χ2v) is 7.68. The first-order valence-corrected chi connectivity index (χ1v) is 8.62. The van der Waals surface area contributed by atoms with Gasteiger partial charge in [0, 0.05) is 37.6 Å². The third kappa shape index (κ3) is 4.61. The van der Waals surface area contributed by atoms with Gasteiger partial charge in [-0.1, -0.05) is 34.6 Å². The number of rotatable bonds is 8. The normalized spacial score (nSPS) is 12.8. The van der Waals surface area contributed by atoms with Crippen LogP contribution in [0.4, 0.5) is 0 Å². The van der Waals surface area contributed by atoms with Gasteiger partial charge in [-0.25, -0.2) is 8.42 Å². The first-order chi connectivity index (χ1) is 9.27. The Bertz CT molecular complexity index is 506. The van der Waals surface area contributed by atoms with E-state index >= 15 is 0 Å². The molecule has 0 atom stereocenters. The third-order valence-corrected chi connectivity index (χ3v) is 4.89. The largest absolute Gasteiger partial charge is 0.363 e. The van der Waals surface area contributed by atoms with Gasteiger partial charge in [-0.15, -0.1) is 0 Å². The first-order valence-electron chi connectivity index (χ1n) is 7.18. The zero-order valence-corrected chi connectivity index (χ0v) is 13.9. The maximum absolute atomic E-state index is 12.5. The number of hydrogen-bond acceptors (Lipinski definition) is 3. The lowest BCUT2D eigenvalue weighted by Crippen LogP contribution is -2.33. The quantitative estimate of drug-likeness (QED) is 0.773. The van der Waals surface area contributed by atoms with Gasteiger partial charge in [-0.2, -0.15) is 4.31 Å². The highest BCUT2D eigenvalue weighted by atomic mass is 32.2. The van der Waals surface area contributed by atoms with Gasteiger partial charge in [0.1, 0.15) is 0 Å². The number of nitrogens with zero attached hydrogens (tertiary/aromatic N) is 1. The molecule has 5 nitrogen and oxygen atoms in total. The summed E-state index contributed by atoms with van der Waals surface area (Å²) in [6.07, 6.45) is 1.58. The summed E-state index contributed by atoms with van der Waals surface area (Å²) in [5.74, 6) is 0.311. The molecule has 0 amide bonds. The van der Waals surface area contributed by atoms with Crippen molar-refractivity contribution in [3.63, 3.8) is 0 Å². The summed E-state index contributed by atoms with van der Waals surface area (Å²) in [6, 6.07) is 2.08. The molecule has 6 heteroatoms.